The van der Waals surface area contributed by atoms with Crippen molar-refractivity contribution < 1.29 is 14.3 Å². The number of carbonyl (C=O) groups is 2. The summed E-state index contributed by atoms with van der Waals surface area (Å²) < 4.78 is 5.24. The van der Waals surface area contributed by atoms with Crippen molar-refractivity contribution in [2.75, 3.05) is 7.11 Å². The van der Waals surface area contributed by atoms with Crippen molar-refractivity contribution in [3.8, 4) is 0 Å². The second-order valence-corrected chi connectivity index (χ2v) is 5.90. The Balaban J connectivity index is 2.51. The molecule has 3 atom stereocenters. The van der Waals surface area contributed by atoms with Crippen LogP contribution in [-0.2, 0) is 14.3 Å². The minimum atomic E-state index is -0.696. The molecule has 1 aromatic carbocycles. The van der Waals surface area contributed by atoms with Crippen molar-refractivity contribution in [3.63, 3.8) is 0 Å². The van der Waals surface area contributed by atoms with Crippen molar-refractivity contribution in [2.45, 2.75) is 52.8 Å². The van der Waals surface area contributed by atoms with Gasteiger partial charge >= 0.3 is 0 Å². The van der Waals surface area contributed by atoms with E-state index in [1.165, 1.54) is 0 Å². The van der Waals surface area contributed by atoms with Crippen molar-refractivity contribution in [1.82, 2.24) is 4.90 Å². The standard InChI is InChI=1S/C17H23NO3/c1-9-7-10(2)14(11(3)8-9)15-16(19)12(4)18(17(15)20)13(5)21-6/h7-8,12-13,15H,1-6H3. The number of hydrogen-bond acceptors (Lipinski definition) is 3. The molecule has 1 amide bonds. The van der Waals surface area contributed by atoms with Gasteiger partial charge in [0.25, 0.3) is 0 Å². The summed E-state index contributed by atoms with van der Waals surface area (Å²) in [6.45, 7) is 9.50. The third-order valence-electron chi connectivity index (χ3n) is 4.37. The molecule has 4 nitrogen and oxygen atoms in total. The molecule has 4 heteroatoms. The molecule has 0 aliphatic carbocycles. The van der Waals surface area contributed by atoms with Gasteiger partial charge in [0, 0.05) is 7.11 Å². The predicted octanol–water partition coefficient (Wildman–Crippen LogP) is 2.49. The zero-order valence-electron chi connectivity index (χ0n) is 13.6. The highest BCUT2D eigenvalue weighted by atomic mass is 16.5. The van der Waals surface area contributed by atoms with Gasteiger partial charge in [-0.3, -0.25) is 9.59 Å². The Morgan fingerprint density at radius 3 is 2.14 bits per heavy atom. The third-order valence-corrected chi connectivity index (χ3v) is 4.37. The van der Waals surface area contributed by atoms with Crippen LogP contribution in [0, 0.1) is 20.8 Å². The molecule has 1 fully saturated rings. The van der Waals surface area contributed by atoms with Gasteiger partial charge in [0.15, 0.2) is 5.78 Å². The number of likely N-dealkylation sites (tertiary alicyclic amines) is 1. The maximum absolute atomic E-state index is 12.7. The summed E-state index contributed by atoms with van der Waals surface area (Å²) in [5, 5.41) is 0. The number of ether oxygens (including phenoxy) is 1. The van der Waals surface area contributed by atoms with E-state index in [-0.39, 0.29) is 11.7 Å². The van der Waals surface area contributed by atoms with Gasteiger partial charge in [-0.2, -0.15) is 0 Å². The number of methoxy groups -OCH3 is 1. The fourth-order valence-corrected chi connectivity index (χ4v) is 3.36. The summed E-state index contributed by atoms with van der Waals surface area (Å²) in [7, 11) is 1.55. The van der Waals surface area contributed by atoms with E-state index in [1.807, 2.05) is 32.9 Å². The summed E-state index contributed by atoms with van der Waals surface area (Å²) in [5.41, 5.74) is 3.99. The number of rotatable bonds is 3. The molecule has 0 N–H and O–H groups in total. The quantitative estimate of drug-likeness (QED) is 0.803. The Kier molecular flexibility index (Phi) is 4.19. The number of hydrogen-bond donors (Lipinski definition) is 0. The van der Waals surface area contributed by atoms with Gasteiger partial charge in [0.1, 0.15) is 12.1 Å². The summed E-state index contributed by atoms with van der Waals surface area (Å²) in [4.78, 5) is 26.9. The van der Waals surface area contributed by atoms with Crippen LogP contribution in [0.2, 0.25) is 0 Å². The zero-order chi connectivity index (χ0) is 15.9. The lowest BCUT2D eigenvalue weighted by Gasteiger charge is -2.26. The van der Waals surface area contributed by atoms with E-state index in [4.69, 9.17) is 4.74 Å². The molecule has 1 aromatic rings. The minimum Gasteiger partial charge on any atom is -0.362 e. The Morgan fingerprint density at radius 1 is 1.14 bits per heavy atom. The van der Waals surface area contributed by atoms with Crippen molar-refractivity contribution in [2.24, 2.45) is 0 Å². The lowest BCUT2D eigenvalue weighted by molar-refractivity contribution is -0.141. The first-order chi connectivity index (χ1) is 9.79. The monoisotopic (exact) mass is 289 g/mol. The number of Topliss-reactive ketones (excluding diaryl/α,β-unsaturated/α-hetero) is 1. The molecule has 1 heterocycles. The summed E-state index contributed by atoms with van der Waals surface area (Å²) in [6, 6.07) is 3.60. The molecule has 0 saturated carbocycles. The van der Waals surface area contributed by atoms with E-state index in [0.717, 1.165) is 22.3 Å². The van der Waals surface area contributed by atoms with Crippen molar-refractivity contribution >= 4 is 11.7 Å². The third kappa shape index (κ3) is 2.48. The maximum atomic E-state index is 12.7. The number of ketones is 1. The highest BCUT2D eigenvalue weighted by Gasteiger charge is 2.48. The molecule has 0 bridgehead atoms. The Morgan fingerprint density at radius 2 is 1.67 bits per heavy atom. The number of benzene rings is 1. The van der Waals surface area contributed by atoms with Gasteiger partial charge in [0.05, 0.1) is 6.04 Å². The van der Waals surface area contributed by atoms with Gasteiger partial charge in [0.2, 0.25) is 5.91 Å². The first kappa shape index (κ1) is 15.7. The molecule has 1 aliphatic rings. The van der Waals surface area contributed by atoms with E-state index in [9.17, 15) is 9.59 Å². The van der Waals surface area contributed by atoms with E-state index in [2.05, 4.69) is 0 Å². The summed E-state index contributed by atoms with van der Waals surface area (Å²) in [5.74, 6) is -0.894. The molecule has 2 rings (SSSR count). The Labute approximate surface area is 126 Å². The molecule has 3 unspecified atom stereocenters. The van der Waals surface area contributed by atoms with Gasteiger partial charge < -0.3 is 9.64 Å². The van der Waals surface area contributed by atoms with E-state index in [1.54, 1.807) is 25.9 Å². The first-order valence-electron chi connectivity index (χ1n) is 7.26. The highest BCUT2D eigenvalue weighted by Crippen LogP contribution is 2.35. The van der Waals surface area contributed by atoms with Crippen LogP contribution in [0.5, 0.6) is 0 Å². The van der Waals surface area contributed by atoms with Crippen LogP contribution in [0.15, 0.2) is 12.1 Å². The smallest absolute Gasteiger partial charge is 0.240 e. The van der Waals surface area contributed by atoms with Crippen LogP contribution >= 0.6 is 0 Å². The average molecular weight is 289 g/mol. The fourth-order valence-electron chi connectivity index (χ4n) is 3.36. The van der Waals surface area contributed by atoms with E-state index >= 15 is 0 Å². The predicted molar refractivity (Wildman–Crippen MR) is 81.2 cm³/mol. The fraction of sp³-hybridized carbons (Fsp3) is 0.529. The maximum Gasteiger partial charge on any atom is 0.240 e. The number of aryl methyl sites for hydroxylation is 3. The molecular formula is C17H23NO3. The van der Waals surface area contributed by atoms with Crippen molar-refractivity contribution in [1.29, 1.82) is 0 Å². The lowest BCUT2D eigenvalue weighted by Crippen LogP contribution is -2.41. The lowest BCUT2D eigenvalue weighted by atomic mass is 9.87. The number of carbonyl (C=O) groups excluding carboxylic acids is 2. The molecular weight excluding hydrogens is 266 g/mol. The second kappa shape index (κ2) is 5.60. The SMILES string of the molecule is COC(C)N1C(=O)C(c2c(C)cc(C)cc2C)C(=O)C1C. The summed E-state index contributed by atoms with van der Waals surface area (Å²) in [6.07, 6.45) is -0.396. The van der Waals surface area contributed by atoms with Crippen LogP contribution in [-0.4, -0.2) is 36.0 Å². The van der Waals surface area contributed by atoms with Crippen molar-refractivity contribution in [3.05, 3.63) is 34.4 Å². The van der Waals surface area contributed by atoms with Gasteiger partial charge in [-0.15, -0.1) is 0 Å². The Hall–Kier alpha value is -1.68. The molecule has 0 radical (unpaired) electrons. The molecule has 1 aliphatic heterocycles. The number of amides is 1. The number of nitrogens with zero attached hydrogens (tertiary/aromatic N) is 1. The Bertz CT molecular complexity index is 571. The summed E-state index contributed by atoms with van der Waals surface area (Å²) >= 11 is 0. The first-order valence-corrected chi connectivity index (χ1v) is 7.26. The second-order valence-electron chi connectivity index (χ2n) is 5.90. The molecule has 1 saturated heterocycles. The minimum absolute atomic E-state index is 0.0426. The zero-order valence-corrected chi connectivity index (χ0v) is 13.6. The molecule has 114 valence electrons. The largest absolute Gasteiger partial charge is 0.362 e. The highest BCUT2D eigenvalue weighted by molar-refractivity contribution is 6.15. The average Bonchev–Trinajstić information content (AvgIpc) is 2.61. The van der Waals surface area contributed by atoms with Gasteiger partial charge in [-0.25, -0.2) is 0 Å². The van der Waals surface area contributed by atoms with Gasteiger partial charge in [-0.05, 0) is 51.3 Å². The molecule has 0 spiro atoms. The topological polar surface area (TPSA) is 46.6 Å². The van der Waals surface area contributed by atoms with Crippen LogP contribution in [0.4, 0.5) is 0 Å². The molecule has 21 heavy (non-hydrogen) atoms. The normalized spacial score (nSPS) is 23.8. The van der Waals surface area contributed by atoms with Crippen LogP contribution in [0.1, 0.15) is 42.0 Å². The van der Waals surface area contributed by atoms with Gasteiger partial charge in [-0.1, -0.05) is 17.7 Å². The van der Waals surface area contributed by atoms with Crippen LogP contribution in [0.3, 0.4) is 0 Å². The molecule has 0 aromatic heterocycles. The van der Waals surface area contributed by atoms with E-state index < -0.39 is 18.2 Å². The van der Waals surface area contributed by atoms with E-state index in [0.29, 0.717) is 0 Å². The van der Waals surface area contributed by atoms with Crippen LogP contribution in [0.25, 0.3) is 0 Å². The van der Waals surface area contributed by atoms with Crippen LogP contribution < -0.4 is 0 Å².